The lowest BCUT2D eigenvalue weighted by atomic mass is 9.93. The van der Waals surface area contributed by atoms with E-state index in [1.807, 2.05) is 0 Å². The predicted octanol–water partition coefficient (Wildman–Crippen LogP) is -0.330. The molecule has 0 saturated carbocycles. The van der Waals surface area contributed by atoms with Crippen molar-refractivity contribution < 1.29 is 42.9 Å². The fourth-order valence-electron chi connectivity index (χ4n) is 2.99. The largest absolute Gasteiger partial charge is 0.468 e. The standard InChI is InChI=1S/C15H19NO9S/c1-6(17)22-11-10-5-21-15(26)16(10)14(25-9(4)20)13(24-8(3)19)12(11)23-7(2)18/h10-14H,5H2,1-4H3/t10-,11+,12-,13-,14-/m0/s1. The maximum atomic E-state index is 11.6. The van der Waals surface area contributed by atoms with Gasteiger partial charge in [-0.05, 0) is 12.2 Å². The molecule has 2 fully saturated rings. The van der Waals surface area contributed by atoms with E-state index in [4.69, 9.17) is 35.9 Å². The number of hydrogen-bond acceptors (Lipinski definition) is 10. The van der Waals surface area contributed by atoms with Crippen molar-refractivity contribution in [2.45, 2.75) is 58.3 Å². The molecule has 2 saturated heterocycles. The van der Waals surface area contributed by atoms with Gasteiger partial charge in [0.15, 0.2) is 18.3 Å². The van der Waals surface area contributed by atoms with E-state index in [-0.39, 0.29) is 11.8 Å². The van der Waals surface area contributed by atoms with Gasteiger partial charge < -0.3 is 23.7 Å². The highest BCUT2D eigenvalue weighted by Gasteiger charge is 2.59. The average Bonchev–Trinajstić information content (AvgIpc) is 2.86. The first-order chi connectivity index (χ1) is 12.1. The second-order valence-corrected chi connectivity index (χ2v) is 6.12. The van der Waals surface area contributed by atoms with E-state index in [1.165, 1.54) is 18.7 Å². The van der Waals surface area contributed by atoms with Crippen molar-refractivity contribution in [3.05, 3.63) is 0 Å². The van der Waals surface area contributed by atoms with E-state index < -0.39 is 54.5 Å². The number of nitrogens with zero attached hydrogens (tertiary/aromatic N) is 1. The van der Waals surface area contributed by atoms with Crippen LogP contribution < -0.4 is 0 Å². The van der Waals surface area contributed by atoms with Gasteiger partial charge in [-0.25, -0.2) is 0 Å². The van der Waals surface area contributed by atoms with Crippen LogP contribution in [0.5, 0.6) is 0 Å². The Bertz CT molecular complexity index is 637. The van der Waals surface area contributed by atoms with Gasteiger partial charge in [0.2, 0.25) is 6.23 Å². The van der Waals surface area contributed by atoms with Gasteiger partial charge in [-0.2, -0.15) is 0 Å². The Morgan fingerprint density at radius 2 is 1.31 bits per heavy atom. The van der Waals surface area contributed by atoms with Crippen molar-refractivity contribution in [3.8, 4) is 0 Å². The van der Waals surface area contributed by atoms with Crippen LogP contribution in [0.3, 0.4) is 0 Å². The molecular weight excluding hydrogens is 370 g/mol. The molecule has 0 bridgehead atoms. The molecule has 11 heteroatoms. The van der Waals surface area contributed by atoms with Crippen molar-refractivity contribution in [3.63, 3.8) is 0 Å². The first-order valence-corrected chi connectivity index (χ1v) is 8.16. The third kappa shape index (κ3) is 4.21. The van der Waals surface area contributed by atoms with E-state index in [9.17, 15) is 19.2 Å². The topological polar surface area (TPSA) is 118 Å². The Hall–Kier alpha value is -2.43. The van der Waals surface area contributed by atoms with Crippen molar-refractivity contribution in [2.24, 2.45) is 0 Å². The molecule has 2 aliphatic rings. The summed E-state index contributed by atoms with van der Waals surface area (Å²) < 4.78 is 26.4. The van der Waals surface area contributed by atoms with Crippen molar-refractivity contribution in [1.82, 2.24) is 4.90 Å². The molecule has 10 nitrogen and oxygen atoms in total. The zero-order chi connectivity index (χ0) is 19.6. The average molecular weight is 389 g/mol. The maximum absolute atomic E-state index is 11.6. The molecule has 0 spiro atoms. The lowest BCUT2D eigenvalue weighted by molar-refractivity contribution is -0.234. The summed E-state index contributed by atoms with van der Waals surface area (Å²) in [6, 6.07) is -0.688. The highest BCUT2D eigenvalue weighted by atomic mass is 32.1. The molecule has 0 aromatic rings. The number of esters is 4. The zero-order valence-corrected chi connectivity index (χ0v) is 15.4. The van der Waals surface area contributed by atoms with Crippen molar-refractivity contribution >= 4 is 41.3 Å². The van der Waals surface area contributed by atoms with Gasteiger partial charge in [-0.1, -0.05) is 0 Å². The molecular formula is C15H19NO9S. The lowest BCUT2D eigenvalue weighted by Crippen LogP contribution is -2.69. The summed E-state index contributed by atoms with van der Waals surface area (Å²) >= 11 is 5.13. The van der Waals surface area contributed by atoms with Crippen LogP contribution in [-0.2, 0) is 42.9 Å². The summed E-state index contributed by atoms with van der Waals surface area (Å²) in [5.74, 6) is -2.72. The molecule has 26 heavy (non-hydrogen) atoms. The maximum Gasteiger partial charge on any atom is 0.304 e. The number of ether oxygens (including phenoxy) is 5. The summed E-state index contributed by atoms with van der Waals surface area (Å²) in [6.07, 6.45) is -4.74. The minimum atomic E-state index is -1.28. The van der Waals surface area contributed by atoms with Gasteiger partial charge in [-0.3, -0.25) is 24.1 Å². The monoisotopic (exact) mass is 389 g/mol. The van der Waals surface area contributed by atoms with Crippen LogP contribution >= 0.6 is 12.2 Å². The molecule has 5 atom stereocenters. The quantitative estimate of drug-likeness (QED) is 0.357. The normalized spacial score (nSPS) is 29.9. The van der Waals surface area contributed by atoms with Gasteiger partial charge in [0.05, 0.1) is 0 Å². The molecule has 0 radical (unpaired) electrons. The summed E-state index contributed by atoms with van der Waals surface area (Å²) in [6.45, 7) is 4.65. The molecule has 0 amide bonds. The van der Waals surface area contributed by atoms with E-state index in [2.05, 4.69) is 0 Å². The van der Waals surface area contributed by atoms with E-state index >= 15 is 0 Å². The summed E-state index contributed by atoms with van der Waals surface area (Å²) in [5.41, 5.74) is 0. The third-order valence-electron chi connectivity index (χ3n) is 3.72. The van der Waals surface area contributed by atoms with Crippen LogP contribution in [0, 0.1) is 0 Å². The van der Waals surface area contributed by atoms with Gasteiger partial charge in [0.25, 0.3) is 5.17 Å². The lowest BCUT2D eigenvalue weighted by Gasteiger charge is -2.47. The third-order valence-corrected chi connectivity index (χ3v) is 4.05. The first-order valence-electron chi connectivity index (χ1n) is 7.75. The summed E-state index contributed by atoms with van der Waals surface area (Å²) in [5, 5.41) is -0.0168. The number of fused-ring (bicyclic) bond motifs is 1. The number of thiocarbonyl (C=S) groups is 1. The highest BCUT2D eigenvalue weighted by molar-refractivity contribution is 7.80. The minimum Gasteiger partial charge on any atom is -0.468 e. The van der Waals surface area contributed by atoms with Crippen LogP contribution in [0.25, 0.3) is 0 Å². The Morgan fingerprint density at radius 3 is 1.81 bits per heavy atom. The number of carbonyl (C=O) groups excluding carboxylic acids is 4. The molecule has 0 N–H and O–H groups in total. The van der Waals surface area contributed by atoms with Gasteiger partial charge in [0, 0.05) is 27.7 Å². The summed E-state index contributed by atoms with van der Waals surface area (Å²) in [4.78, 5) is 47.6. The van der Waals surface area contributed by atoms with Crippen LogP contribution in [-0.4, -0.2) is 71.1 Å². The van der Waals surface area contributed by atoms with Gasteiger partial charge >= 0.3 is 23.9 Å². The Kier molecular flexibility index (Phi) is 6.01. The SMILES string of the molecule is CC(=O)O[C@H]1[C@H](OC(C)=O)[C@@H]2COC(=S)N2[C@@H](OC(C)=O)[C@H]1OC(C)=O. The first kappa shape index (κ1) is 19.9. The molecule has 0 aromatic carbocycles. The second-order valence-electron chi connectivity index (χ2n) is 5.77. The molecule has 0 aliphatic carbocycles. The van der Waals surface area contributed by atoms with Crippen molar-refractivity contribution in [1.29, 1.82) is 0 Å². The highest BCUT2D eigenvalue weighted by Crippen LogP contribution is 2.35. The Morgan fingerprint density at radius 1 is 0.846 bits per heavy atom. The molecule has 2 aliphatic heterocycles. The number of rotatable bonds is 4. The predicted molar refractivity (Wildman–Crippen MR) is 86.4 cm³/mol. The van der Waals surface area contributed by atoms with Crippen LogP contribution in [0.15, 0.2) is 0 Å². The molecule has 2 heterocycles. The summed E-state index contributed by atoms with van der Waals surface area (Å²) in [7, 11) is 0. The van der Waals surface area contributed by atoms with Crippen LogP contribution in [0.2, 0.25) is 0 Å². The van der Waals surface area contributed by atoms with Crippen LogP contribution in [0.4, 0.5) is 0 Å². The van der Waals surface area contributed by atoms with Gasteiger partial charge in [-0.15, -0.1) is 0 Å². The molecule has 144 valence electrons. The molecule has 0 aromatic heterocycles. The second kappa shape index (κ2) is 7.85. The van der Waals surface area contributed by atoms with Crippen LogP contribution in [0.1, 0.15) is 27.7 Å². The van der Waals surface area contributed by atoms with Gasteiger partial charge in [0.1, 0.15) is 12.6 Å². The minimum absolute atomic E-state index is 0.0130. The zero-order valence-electron chi connectivity index (χ0n) is 14.6. The Labute approximate surface area is 154 Å². The van der Waals surface area contributed by atoms with E-state index in [0.29, 0.717) is 0 Å². The fraction of sp³-hybridized carbons (Fsp3) is 0.667. The molecule has 2 rings (SSSR count). The van der Waals surface area contributed by atoms with Crippen molar-refractivity contribution in [2.75, 3.05) is 6.61 Å². The number of hydrogen-bond donors (Lipinski definition) is 0. The Balaban J connectivity index is 2.51. The van der Waals surface area contributed by atoms with E-state index in [1.54, 1.807) is 0 Å². The number of piperidine rings is 1. The molecule has 0 unspecified atom stereocenters. The smallest absolute Gasteiger partial charge is 0.304 e. The van der Waals surface area contributed by atoms with E-state index in [0.717, 1.165) is 13.8 Å². The fourth-order valence-corrected chi connectivity index (χ4v) is 3.30. The number of carbonyl (C=O) groups is 4.